The van der Waals surface area contributed by atoms with Crippen LogP contribution in [0.3, 0.4) is 0 Å². The van der Waals surface area contributed by atoms with E-state index >= 15 is 0 Å². The fraction of sp³-hybridized carbons (Fsp3) is 0.381. The Labute approximate surface area is 158 Å². The third-order valence-corrected chi connectivity index (χ3v) is 4.78. The van der Waals surface area contributed by atoms with E-state index in [1.54, 1.807) is 6.33 Å². The zero-order valence-corrected chi connectivity index (χ0v) is 15.9. The van der Waals surface area contributed by atoms with Crippen molar-refractivity contribution in [3.8, 4) is 11.3 Å². The maximum atomic E-state index is 12.2. The van der Waals surface area contributed by atoms with Gasteiger partial charge in [0.1, 0.15) is 17.6 Å². The summed E-state index contributed by atoms with van der Waals surface area (Å²) in [7, 11) is 0. The fourth-order valence-corrected chi connectivity index (χ4v) is 3.66. The van der Waals surface area contributed by atoms with E-state index in [0.29, 0.717) is 0 Å². The van der Waals surface area contributed by atoms with E-state index in [1.165, 1.54) is 5.56 Å². The number of hydrogen-bond donors (Lipinski definition) is 2. The number of hydrogen-bond acceptors (Lipinski definition) is 4. The summed E-state index contributed by atoms with van der Waals surface area (Å²) in [4.78, 5) is 24.1. The highest BCUT2D eigenvalue weighted by atomic mass is 16.6. The van der Waals surface area contributed by atoms with Crippen molar-refractivity contribution in [2.75, 3.05) is 0 Å². The average molecular weight is 364 g/mol. The average Bonchev–Trinajstić information content (AvgIpc) is 3.08. The number of rotatable bonds is 2. The van der Waals surface area contributed by atoms with Crippen LogP contribution in [-0.2, 0) is 11.2 Å². The second kappa shape index (κ2) is 6.68. The van der Waals surface area contributed by atoms with Gasteiger partial charge in [-0.3, -0.25) is 0 Å². The predicted octanol–water partition coefficient (Wildman–Crippen LogP) is 4.53. The van der Waals surface area contributed by atoms with Crippen LogP contribution in [0.25, 0.3) is 22.3 Å². The van der Waals surface area contributed by atoms with Crippen molar-refractivity contribution in [1.29, 1.82) is 0 Å². The van der Waals surface area contributed by atoms with Gasteiger partial charge in [0.2, 0.25) is 0 Å². The Bertz CT molecular complexity index is 987. The van der Waals surface area contributed by atoms with Crippen molar-refractivity contribution < 1.29 is 9.53 Å². The topological polar surface area (TPSA) is 79.9 Å². The largest absolute Gasteiger partial charge is 0.444 e. The molecule has 3 aromatic rings. The molecule has 1 aliphatic rings. The first-order valence-corrected chi connectivity index (χ1v) is 9.31. The van der Waals surface area contributed by atoms with Crippen LogP contribution in [0.2, 0.25) is 0 Å². The van der Waals surface area contributed by atoms with E-state index in [4.69, 9.17) is 4.74 Å². The number of nitrogens with zero attached hydrogens (tertiary/aromatic N) is 2. The number of aryl methyl sites for hydroxylation is 1. The molecule has 0 bridgehead atoms. The van der Waals surface area contributed by atoms with Gasteiger partial charge in [0.25, 0.3) is 0 Å². The third-order valence-electron chi connectivity index (χ3n) is 4.78. The van der Waals surface area contributed by atoms with E-state index in [2.05, 4.69) is 38.5 Å². The molecule has 6 heteroatoms. The Hall–Kier alpha value is -2.89. The summed E-state index contributed by atoms with van der Waals surface area (Å²) in [5.74, 6) is 0. The first-order chi connectivity index (χ1) is 12.9. The number of nitrogens with one attached hydrogen (secondary N) is 2. The van der Waals surface area contributed by atoms with Gasteiger partial charge in [0, 0.05) is 17.1 Å². The van der Waals surface area contributed by atoms with Gasteiger partial charge in [-0.2, -0.15) is 0 Å². The molecule has 1 unspecified atom stereocenters. The number of aromatic amines is 1. The van der Waals surface area contributed by atoms with Crippen molar-refractivity contribution in [3.63, 3.8) is 0 Å². The number of benzene rings is 1. The highest BCUT2D eigenvalue weighted by Crippen LogP contribution is 2.34. The van der Waals surface area contributed by atoms with Crippen LogP contribution in [0.5, 0.6) is 0 Å². The van der Waals surface area contributed by atoms with Crippen molar-refractivity contribution in [2.45, 2.75) is 51.7 Å². The van der Waals surface area contributed by atoms with Crippen LogP contribution < -0.4 is 5.32 Å². The summed E-state index contributed by atoms with van der Waals surface area (Å²) in [5.41, 5.74) is 4.74. The van der Waals surface area contributed by atoms with Crippen LogP contribution >= 0.6 is 0 Å². The normalized spacial score (nSPS) is 16.8. The van der Waals surface area contributed by atoms with Gasteiger partial charge in [0.05, 0.1) is 11.7 Å². The van der Waals surface area contributed by atoms with E-state index < -0.39 is 5.60 Å². The van der Waals surface area contributed by atoms with E-state index in [9.17, 15) is 4.79 Å². The lowest BCUT2D eigenvalue weighted by Crippen LogP contribution is -2.36. The Kier molecular flexibility index (Phi) is 4.34. The third kappa shape index (κ3) is 3.65. The first-order valence-electron chi connectivity index (χ1n) is 9.31. The van der Waals surface area contributed by atoms with Gasteiger partial charge in [-0.15, -0.1) is 0 Å². The Morgan fingerprint density at radius 1 is 1.26 bits per heavy atom. The lowest BCUT2D eigenvalue weighted by atomic mass is 9.86. The predicted molar refractivity (Wildman–Crippen MR) is 104 cm³/mol. The van der Waals surface area contributed by atoms with Gasteiger partial charge in [0.15, 0.2) is 0 Å². The Morgan fingerprint density at radius 2 is 2.11 bits per heavy atom. The molecule has 1 amide bonds. The molecule has 1 aliphatic carbocycles. The second-order valence-corrected chi connectivity index (χ2v) is 7.97. The summed E-state index contributed by atoms with van der Waals surface area (Å²) in [6, 6.07) is 8.34. The van der Waals surface area contributed by atoms with E-state index in [0.717, 1.165) is 47.1 Å². The molecule has 27 heavy (non-hydrogen) atoms. The van der Waals surface area contributed by atoms with Crippen LogP contribution in [-0.4, -0.2) is 26.6 Å². The molecule has 140 valence electrons. The van der Waals surface area contributed by atoms with Crippen molar-refractivity contribution in [1.82, 2.24) is 20.3 Å². The second-order valence-electron chi connectivity index (χ2n) is 7.97. The summed E-state index contributed by atoms with van der Waals surface area (Å²) < 4.78 is 5.42. The number of H-pyrrole nitrogens is 1. The van der Waals surface area contributed by atoms with Gasteiger partial charge in [-0.05, 0) is 63.3 Å². The van der Waals surface area contributed by atoms with Gasteiger partial charge in [-0.1, -0.05) is 12.1 Å². The molecular formula is C21H24N4O2. The molecule has 2 heterocycles. The summed E-state index contributed by atoms with van der Waals surface area (Å²) in [6.45, 7) is 5.62. The molecule has 2 aromatic heterocycles. The molecule has 2 N–H and O–H groups in total. The maximum absolute atomic E-state index is 12.2. The molecule has 6 nitrogen and oxygen atoms in total. The smallest absolute Gasteiger partial charge is 0.408 e. The van der Waals surface area contributed by atoms with Gasteiger partial charge < -0.3 is 15.0 Å². The molecular weight excluding hydrogens is 340 g/mol. The molecule has 0 radical (unpaired) electrons. The van der Waals surface area contributed by atoms with Crippen LogP contribution in [0, 0.1) is 0 Å². The minimum absolute atomic E-state index is 0.0182. The fourth-order valence-electron chi connectivity index (χ4n) is 3.66. The molecule has 4 rings (SSSR count). The standard InChI is InChI=1S/C21H24N4O2/c1-21(2,3)27-20(26)25-17-6-4-5-13-11-14(7-8-15(13)17)18-16-9-10-22-19(16)24-12-23-18/h7-12,17H,4-6H2,1-3H3,(H,25,26)(H,22,23,24). The monoisotopic (exact) mass is 364 g/mol. The summed E-state index contributed by atoms with van der Waals surface area (Å²) in [6.07, 6.45) is 6.04. The Morgan fingerprint density at radius 3 is 2.93 bits per heavy atom. The number of aromatic nitrogens is 3. The molecule has 1 atom stereocenters. The highest BCUT2D eigenvalue weighted by molar-refractivity contribution is 5.90. The van der Waals surface area contributed by atoms with Crippen LogP contribution in [0.4, 0.5) is 4.79 Å². The van der Waals surface area contributed by atoms with Crippen molar-refractivity contribution >= 4 is 17.1 Å². The van der Waals surface area contributed by atoms with E-state index in [-0.39, 0.29) is 12.1 Å². The number of fused-ring (bicyclic) bond motifs is 2. The van der Waals surface area contributed by atoms with Gasteiger partial charge in [-0.25, -0.2) is 14.8 Å². The minimum atomic E-state index is -0.500. The number of carbonyl (C=O) groups is 1. The molecule has 0 saturated carbocycles. The van der Waals surface area contributed by atoms with Crippen molar-refractivity contribution in [3.05, 3.63) is 47.9 Å². The number of carbonyl (C=O) groups excluding carboxylic acids is 1. The zero-order valence-electron chi connectivity index (χ0n) is 15.9. The van der Waals surface area contributed by atoms with Crippen LogP contribution in [0.1, 0.15) is 50.8 Å². The minimum Gasteiger partial charge on any atom is -0.444 e. The van der Waals surface area contributed by atoms with Crippen molar-refractivity contribution in [2.24, 2.45) is 0 Å². The summed E-state index contributed by atoms with van der Waals surface area (Å²) >= 11 is 0. The number of ether oxygens (including phenoxy) is 1. The van der Waals surface area contributed by atoms with Gasteiger partial charge >= 0.3 is 6.09 Å². The number of amides is 1. The molecule has 0 spiro atoms. The lowest BCUT2D eigenvalue weighted by molar-refractivity contribution is 0.0498. The quantitative estimate of drug-likeness (QED) is 0.700. The maximum Gasteiger partial charge on any atom is 0.408 e. The molecule has 0 aliphatic heterocycles. The number of alkyl carbamates (subject to hydrolysis) is 1. The zero-order chi connectivity index (χ0) is 19.0. The van der Waals surface area contributed by atoms with Crippen LogP contribution in [0.15, 0.2) is 36.8 Å². The summed E-state index contributed by atoms with van der Waals surface area (Å²) in [5, 5.41) is 4.04. The first kappa shape index (κ1) is 17.5. The SMILES string of the molecule is CC(C)(C)OC(=O)NC1CCCc2cc(-c3ncnc4[nH]ccc34)ccc21. The molecule has 0 fully saturated rings. The Balaban J connectivity index is 1.62. The molecule has 1 aromatic carbocycles. The van der Waals surface area contributed by atoms with E-state index in [1.807, 2.05) is 33.0 Å². The lowest BCUT2D eigenvalue weighted by Gasteiger charge is -2.28. The molecule has 0 saturated heterocycles. The highest BCUT2D eigenvalue weighted by Gasteiger charge is 2.25.